The van der Waals surface area contributed by atoms with Crippen LogP contribution in [0.1, 0.15) is 28.8 Å². The van der Waals surface area contributed by atoms with Gasteiger partial charge < -0.3 is 14.4 Å². The molecule has 3 rings (SSSR count). The molecular weight excluding hydrogens is 392 g/mol. The van der Waals surface area contributed by atoms with Crippen LogP contribution >= 0.6 is 0 Å². The molecule has 2 aromatic rings. The Morgan fingerprint density at radius 2 is 1.77 bits per heavy atom. The average molecular weight is 415 g/mol. The summed E-state index contributed by atoms with van der Waals surface area (Å²) in [5.74, 6) is -0.212. The Bertz CT molecular complexity index is 907. The minimum absolute atomic E-state index is 0.100. The summed E-state index contributed by atoms with van der Waals surface area (Å²) in [5, 5.41) is 0. The van der Waals surface area contributed by atoms with Crippen molar-refractivity contribution in [2.45, 2.75) is 19.5 Å². The summed E-state index contributed by atoms with van der Waals surface area (Å²) < 4.78 is 35.1. The third-order valence-corrected chi connectivity index (χ3v) is 5.08. The van der Waals surface area contributed by atoms with Crippen LogP contribution in [-0.4, -0.2) is 43.4 Å². The number of Topliss-reactive ketones (excluding diaryl/α,β-unsaturated/α-hetero) is 1. The maximum atomic E-state index is 12.7. The number of carbonyl (C=O) groups excluding carboxylic acids is 2. The maximum Gasteiger partial charge on any atom is 0.387 e. The molecule has 1 amide bonds. The molecule has 7 heteroatoms. The Balaban J connectivity index is 1.62. The molecule has 0 unspecified atom stereocenters. The number of alkyl halides is 2. The summed E-state index contributed by atoms with van der Waals surface area (Å²) in [6, 6.07) is 13.8. The van der Waals surface area contributed by atoms with Crippen molar-refractivity contribution in [3.8, 4) is 11.5 Å². The molecule has 1 saturated heterocycles. The summed E-state index contributed by atoms with van der Waals surface area (Å²) in [6.45, 7) is -2.08. The zero-order chi connectivity index (χ0) is 21.5. The number of halogens is 2. The van der Waals surface area contributed by atoms with Gasteiger partial charge in [-0.25, -0.2) is 0 Å². The molecule has 0 radical (unpaired) electrons. The minimum Gasteiger partial charge on any atom is -0.493 e. The first kappa shape index (κ1) is 21.5. The number of para-hydroxylation sites is 1. The lowest BCUT2D eigenvalue weighted by Crippen LogP contribution is -2.39. The van der Waals surface area contributed by atoms with Gasteiger partial charge in [0.15, 0.2) is 17.3 Å². The molecule has 0 aliphatic carbocycles. The number of hydrogen-bond donors (Lipinski definition) is 0. The number of piperidine rings is 1. The van der Waals surface area contributed by atoms with Crippen molar-refractivity contribution in [1.29, 1.82) is 0 Å². The van der Waals surface area contributed by atoms with Crippen molar-refractivity contribution in [3.63, 3.8) is 0 Å². The summed E-state index contributed by atoms with van der Waals surface area (Å²) >= 11 is 0. The Hall–Kier alpha value is -3.22. The van der Waals surface area contributed by atoms with E-state index < -0.39 is 6.61 Å². The number of amides is 1. The topological polar surface area (TPSA) is 55.8 Å². The van der Waals surface area contributed by atoms with Crippen LogP contribution in [0.4, 0.5) is 8.78 Å². The fourth-order valence-corrected chi connectivity index (χ4v) is 3.51. The van der Waals surface area contributed by atoms with Crippen molar-refractivity contribution in [3.05, 3.63) is 65.7 Å². The zero-order valence-corrected chi connectivity index (χ0v) is 16.6. The van der Waals surface area contributed by atoms with Crippen LogP contribution < -0.4 is 9.47 Å². The lowest BCUT2D eigenvalue weighted by Gasteiger charge is -2.30. The molecule has 1 aliphatic rings. The molecule has 0 aromatic heterocycles. The molecule has 1 aliphatic heterocycles. The predicted molar refractivity (Wildman–Crippen MR) is 109 cm³/mol. The number of hydrogen-bond acceptors (Lipinski definition) is 4. The number of rotatable bonds is 7. The molecule has 30 heavy (non-hydrogen) atoms. The molecule has 158 valence electrons. The van der Waals surface area contributed by atoms with Crippen LogP contribution in [0.2, 0.25) is 0 Å². The number of benzene rings is 2. The predicted octanol–water partition coefficient (Wildman–Crippen LogP) is 4.43. The minimum atomic E-state index is -3.01. The molecule has 0 atom stereocenters. The molecule has 1 fully saturated rings. The normalized spacial score (nSPS) is 14.9. The zero-order valence-electron chi connectivity index (χ0n) is 16.6. The van der Waals surface area contributed by atoms with Gasteiger partial charge in [0, 0.05) is 36.2 Å². The van der Waals surface area contributed by atoms with Gasteiger partial charge in [0.25, 0.3) is 0 Å². The van der Waals surface area contributed by atoms with Gasteiger partial charge in [-0.15, -0.1) is 0 Å². The standard InChI is InChI=1S/C23H23F2NO4/c1-29-19-9-5-8-18(22(19)30-23(24)25)10-11-20(27)26-14-12-17(13-15-26)21(28)16-6-3-2-4-7-16/h2-11,17,23H,12-15H2,1H3/b11-10+. The second kappa shape index (κ2) is 10.0. The molecule has 0 saturated carbocycles. The first-order valence-electron chi connectivity index (χ1n) is 9.67. The van der Waals surface area contributed by atoms with E-state index in [4.69, 9.17) is 4.74 Å². The summed E-state index contributed by atoms with van der Waals surface area (Å²) in [5.41, 5.74) is 1.00. The highest BCUT2D eigenvalue weighted by atomic mass is 19.3. The van der Waals surface area contributed by atoms with E-state index in [1.165, 1.54) is 25.3 Å². The average Bonchev–Trinajstić information content (AvgIpc) is 2.78. The van der Waals surface area contributed by atoms with E-state index in [1.807, 2.05) is 18.2 Å². The number of ether oxygens (including phenoxy) is 2. The van der Waals surface area contributed by atoms with E-state index >= 15 is 0 Å². The maximum absolute atomic E-state index is 12.7. The lowest BCUT2D eigenvalue weighted by molar-refractivity contribution is -0.127. The molecule has 5 nitrogen and oxygen atoms in total. The second-order valence-corrected chi connectivity index (χ2v) is 6.92. The number of carbonyl (C=O) groups is 2. The number of nitrogens with zero attached hydrogens (tertiary/aromatic N) is 1. The highest BCUT2D eigenvalue weighted by Gasteiger charge is 2.27. The third kappa shape index (κ3) is 5.23. The van der Waals surface area contributed by atoms with Crippen molar-refractivity contribution < 1.29 is 27.8 Å². The van der Waals surface area contributed by atoms with Gasteiger partial charge in [-0.3, -0.25) is 9.59 Å². The molecule has 0 spiro atoms. The highest BCUT2D eigenvalue weighted by molar-refractivity contribution is 5.98. The SMILES string of the molecule is COc1cccc(/C=C/C(=O)N2CCC(C(=O)c3ccccc3)CC2)c1OC(F)F. The van der Waals surface area contributed by atoms with E-state index in [0.717, 1.165) is 0 Å². The summed E-state index contributed by atoms with van der Waals surface area (Å²) in [4.78, 5) is 26.8. The van der Waals surface area contributed by atoms with E-state index in [0.29, 0.717) is 37.1 Å². The number of likely N-dealkylation sites (tertiary alicyclic amines) is 1. The smallest absolute Gasteiger partial charge is 0.387 e. The van der Waals surface area contributed by atoms with Crippen molar-refractivity contribution >= 4 is 17.8 Å². The summed E-state index contributed by atoms with van der Waals surface area (Å²) in [6.07, 6.45) is 3.94. The first-order chi connectivity index (χ1) is 14.5. The highest BCUT2D eigenvalue weighted by Crippen LogP contribution is 2.33. The second-order valence-electron chi connectivity index (χ2n) is 6.92. The van der Waals surface area contributed by atoms with Crippen LogP contribution in [0.25, 0.3) is 6.08 Å². The molecule has 0 bridgehead atoms. The van der Waals surface area contributed by atoms with Gasteiger partial charge in [-0.05, 0) is 25.0 Å². The molecular formula is C23H23F2NO4. The third-order valence-electron chi connectivity index (χ3n) is 5.08. The Morgan fingerprint density at radius 1 is 1.07 bits per heavy atom. The van der Waals surface area contributed by atoms with E-state index in [2.05, 4.69) is 4.74 Å². The van der Waals surface area contributed by atoms with Crippen molar-refractivity contribution in [1.82, 2.24) is 4.90 Å². The van der Waals surface area contributed by atoms with Crippen LogP contribution in [0.3, 0.4) is 0 Å². The molecule has 1 heterocycles. The van der Waals surface area contributed by atoms with Crippen LogP contribution in [0.5, 0.6) is 11.5 Å². The van der Waals surface area contributed by atoms with Gasteiger partial charge >= 0.3 is 6.61 Å². The van der Waals surface area contributed by atoms with Gasteiger partial charge in [-0.1, -0.05) is 42.5 Å². The Labute approximate surface area is 173 Å². The quantitative estimate of drug-likeness (QED) is 0.496. The van der Waals surface area contributed by atoms with Gasteiger partial charge in [0.2, 0.25) is 5.91 Å². The molecule has 2 aromatic carbocycles. The van der Waals surface area contributed by atoms with E-state index in [9.17, 15) is 18.4 Å². The summed E-state index contributed by atoms with van der Waals surface area (Å²) in [7, 11) is 1.35. The van der Waals surface area contributed by atoms with Gasteiger partial charge in [0.05, 0.1) is 7.11 Å². The van der Waals surface area contributed by atoms with Gasteiger partial charge in [-0.2, -0.15) is 8.78 Å². The van der Waals surface area contributed by atoms with Crippen LogP contribution in [-0.2, 0) is 4.79 Å². The Kier molecular flexibility index (Phi) is 7.17. The van der Waals surface area contributed by atoms with E-state index in [-0.39, 0.29) is 29.1 Å². The largest absolute Gasteiger partial charge is 0.493 e. The molecule has 0 N–H and O–H groups in total. The van der Waals surface area contributed by atoms with Crippen molar-refractivity contribution in [2.24, 2.45) is 5.92 Å². The van der Waals surface area contributed by atoms with Crippen LogP contribution in [0.15, 0.2) is 54.6 Å². The fraction of sp³-hybridized carbons (Fsp3) is 0.304. The lowest BCUT2D eigenvalue weighted by atomic mass is 9.89. The number of ketones is 1. The fourth-order valence-electron chi connectivity index (χ4n) is 3.51. The first-order valence-corrected chi connectivity index (χ1v) is 9.67. The van der Waals surface area contributed by atoms with E-state index in [1.54, 1.807) is 29.2 Å². The monoisotopic (exact) mass is 415 g/mol. The van der Waals surface area contributed by atoms with Crippen LogP contribution in [0, 0.1) is 5.92 Å². The Morgan fingerprint density at radius 3 is 2.40 bits per heavy atom. The number of methoxy groups -OCH3 is 1. The van der Waals surface area contributed by atoms with Crippen molar-refractivity contribution in [2.75, 3.05) is 20.2 Å². The van der Waals surface area contributed by atoms with Gasteiger partial charge in [0.1, 0.15) is 0 Å².